The first-order valence-electron chi connectivity index (χ1n) is 9.70. The summed E-state index contributed by atoms with van der Waals surface area (Å²) in [6.45, 7) is 6.85. The van der Waals surface area contributed by atoms with Gasteiger partial charge in [-0.1, -0.05) is 6.92 Å². The van der Waals surface area contributed by atoms with Crippen molar-refractivity contribution in [2.45, 2.75) is 65.2 Å². The minimum absolute atomic E-state index is 0.104. The van der Waals surface area contributed by atoms with E-state index in [4.69, 9.17) is 0 Å². The molecular formula is C19H25BrF3N5O. The Kier molecular flexibility index (Phi) is 6.40. The van der Waals surface area contributed by atoms with Crippen molar-refractivity contribution in [2.75, 3.05) is 6.54 Å². The lowest BCUT2D eigenvalue weighted by molar-refractivity contribution is -0.141. The molecule has 1 amide bonds. The Bertz CT molecular complexity index is 885. The minimum atomic E-state index is -4.43. The second kappa shape index (κ2) is 8.49. The van der Waals surface area contributed by atoms with Crippen LogP contribution in [0.3, 0.4) is 0 Å². The van der Waals surface area contributed by atoms with Crippen LogP contribution >= 0.6 is 15.9 Å². The number of nitrogens with one attached hydrogen (secondary N) is 1. The number of rotatable bonds is 8. The summed E-state index contributed by atoms with van der Waals surface area (Å²) < 4.78 is 43.0. The van der Waals surface area contributed by atoms with Crippen LogP contribution in [0.1, 0.15) is 54.9 Å². The average Bonchev–Trinajstić information content (AvgIpc) is 3.35. The zero-order chi connectivity index (χ0) is 21.3. The number of nitrogens with zero attached hydrogens (tertiary/aromatic N) is 4. The summed E-state index contributed by atoms with van der Waals surface area (Å²) >= 11 is 3.47. The van der Waals surface area contributed by atoms with E-state index in [1.54, 1.807) is 4.68 Å². The molecule has 0 radical (unpaired) electrons. The molecule has 1 saturated carbocycles. The predicted molar refractivity (Wildman–Crippen MR) is 105 cm³/mol. The quantitative estimate of drug-likeness (QED) is 0.581. The number of carbonyl (C=O) groups is 1. The molecule has 160 valence electrons. The maximum atomic E-state index is 12.9. The van der Waals surface area contributed by atoms with Crippen LogP contribution in [0.5, 0.6) is 0 Å². The van der Waals surface area contributed by atoms with Gasteiger partial charge < -0.3 is 5.32 Å². The van der Waals surface area contributed by atoms with E-state index in [9.17, 15) is 18.0 Å². The molecule has 6 nitrogen and oxygen atoms in total. The molecule has 2 heterocycles. The summed E-state index contributed by atoms with van der Waals surface area (Å²) in [5, 5.41) is 11.0. The molecule has 0 aromatic carbocycles. The maximum Gasteiger partial charge on any atom is 0.435 e. The molecule has 1 aliphatic rings. The van der Waals surface area contributed by atoms with Gasteiger partial charge in [0.1, 0.15) is 0 Å². The molecule has 1 N–H and O–H groups in total. The van der Waals surface area contributed by atoms with Crippen molar-refractivity contribution < 1.29 is 18.0 Å². The lowest BCUT2D eigenvalue weighted by Crippen LogP contribution is -2.33. The van der Waals surface area contributed by atoms with Gasteiger partial charge in [-0.25, -0.2) is 0 Å². The van der Waals surface area contributed by atoms with Crippen LogP contribution < -0.4 is 5.32 Å². The number of amides is 1. The molecule has 29 heavy (non-hydrogen) atoms. The number of halogens is 4. The highest BCUT2D eigenvalue weighted by molar-refractivity contribution is 9.10. The molecule has 3 rings (SSSR count). The highest BCUT2D eigenvalue weighted by Crippen LogP contribution is 2.42. The molecule has 1 fully saturated rings. The summed E-state index contributed by atoms with van der Waals surface area (Å²) in [5.74, 6) is -0.204. The molecule has 2 aromatic rings. The van der Waals surface area contributed by atoms with E-state index in [2.05, 4.69) is 31.4 Å². The molecule has 1 unspecified atom stereocenters. The van der Waals surface area contributed by atoms with Crippen LogP contribution in [0.15, 0.2) is 10.5 Å². The van der Waals surface area contributed by atoms with Gasteiger partial charge in [0, 0.05) is 30.4 Å². The van der Waals surface area contributed by atoms with Gasteiger partial charge >= 0.3 is 6.18 Å². The first kappa shape index (κ1) is 21.9. The van der Waals surface area contributed by atoms with Crippen molar-refractivity contribution in [3.05, 3.63) is 33.3 Å². The number of carbonyl (C=O) groups excluding carboxylic acids is 1. The number of hydrogen-bond donors (Lipinski definition) is 1. The molecule has 2 aromatic heterocycles. The van der Waals surface area contributed by atoms with Crippen molar-refractivity contribution in [3.8, 4) is 0 Å². The summed E-state index contributed by atoms with van der Waals surface area (Å²) in [6, 6.07) is 1.16. The topological polar surface area (TPSA) is 64.7 Å². The first-order valence-corrected chi connectivity index (χ1v) is 10.5. The van der Waals surface area contributed by atoms with Gasteiger partial charge in [0.05, 0.1) is 22.6 Å². The van der Waals surface area contributed by atoms with Crippen molar-refractivity contribution in [1.29, 1.82) is 0 Å². The van der Waals surface area contributed by atoms with Gasteiger partial charge in [-0.15, -0.1) is 0 Å². The fourth-order valence-corrected chi connectivity index (χ4v) is 3.55. The Labute approximate surface area is 176 Å². The fraction of sp³-hybridized carbons (Fsp3) is 0.632. The largest absolute Gasteiger partial charge is 0.435 e. The Balaban J connectivity index is 1.49. The van der Waals surface area contributed by atoms with E-state index in [0.717, 1.165) is 34.8 Å². The molecule has 0 saturated heterocycles. The number of aryl methyl sites for hydroxylation is 2. The smallest absolute Gasteiger partial charge is 0.356 e. The number of aromatic nitrogens is 4. The van der Waals surface area contributed by atoms with Gasteiger partial charge in [0.2, 0.25) is 5.91 Å². The monoisotopic (exact) mass is 475 g/mol. The van der Waals surface area contributed by atoms with Crippen molar-refractivity contribution in [1.82, 2.24) is 24.9 Å². The van der Waals surface area contributed by atoms with Gasteiger partial charge in [0.15, 0.2) is 5.69 Å². The second-order valence-electron chi connectivity index (χ2n) is 7.66. The van der Waals surface area contributed by atoms with Crippen molar-refractivity contribution in [3.63, 3.8) is 0 Å². The molecule has 1 atom stereocenters. The lowest BCUT2D eigenvalue weighted by atomic mass is 10.1. The van der Waals surface area contributed by atoms with Gasteiger partial charge in [-0.3, -0.25) is 14.2 Å². The molecule has 0 spiro atoms. The predicted octanol–water partition coefficient (Wildman–Crippen LogP) is 4.20. The molecule has 0 bridgehead atoms. The van der Waals surface area contributed by atoms with Crippen LogP contribution in [0.25, 0.3) is 0 Å². The zero-order valence-electron chi connectivity index (χ0n) is 16.7. The van der Waals surface area contributed by atoms with E-state index in [1.807, 2.05) is 20.8 Å². The molecule has 0 aliphatic heterocycles. The maximum absolute atomic E-state index is 12.9. The van der Waals surface area contributed by atoms with E-state index in [-0.39, 0.29) is 17.7 Å². The van der Waals surface area contributed by atoms with Gasteiger partial charge in [-0.2, -0.15) is 23.4 Å². The Hall–Kier alpha value is -1.84. The van der Waals surface area contributed by atoms with Gasteiger partial charge in [0.25, 0.3) is 0 Å². The lowest BCUT2D eigenvalue weighted by Gasteiger charge is -2.14. The normalized spacial score (nSPS) is 15.6. The standard InChI is InChI=1S/C19H25BrF3N5O/c1-11(10-28-13(3)17(20)12(2)25-28)18(29)24-7-4-8-27-15(14-5-6-14)9-16(26-27)19(21,22)23/h9,11,14H,4-8,10H2,1-3H3,(H,24,29). The third kappa shape index (κ3) is 5.21. The summed E-state index contributed by atoms with van der Waals surface area (Å²) in [6.07, 6.45) is -2.11. The third-order valence-corrected chi connectivity index (χ3v) is 6.28. The molecule has 10 heteroatoms. The first-order chi connectivity index (χ1) is 13.6. The summed E-state index contributed by atoms with van der Waals surface area (Å²) in [5.41, 5.74) is 1.65. The fourth-order valence-electron chi connectivity index (χ4n) is 3.27. The summed E-state index contributed by atoms with van der Waals surface area (Å²) in [7, 11) is 0. The highest BCUT2D eigenvalue weighted by Gasteiger charge is 2.37. The van der Waals surface area contributed by atoms with Crippen molar-refractivity contribution >= 4 is 21.8 Å². The van der Waals surface area contributed by atoms with E-state index in [0.29, 0.717) is 31.7 Å². The van der Waals surface area contributed by atoms with Crippen LogP contribution in [0.2, 0.25) is 0 Å². The number of alkyl halides is 3. The Morgan fingerprint density at radius 2 is 2.00 bits per heavy atom. The van der Waals surface area contributed by atoms with Crippen LogP contribution in [0, 0.1) is 19.8 Å². The average molecular weight is 476 g/mol. The summed E-state index contributed by atoms with van der Waals surface area (Å²) in [4.78, 5) is 12.3. The zero-order valence-corrected chi connectivity index (χ0v) is 18.3. The second-order valence-corrected chi connectivity index (χ2v) is 8.46. The Morgan fingerprint density at radius 1 is 1.31 bits per heavy atom. The third-order valence-electron chi connectivity index (χ3n) is 5.13. The highest BCUT2D eigenvalue weighted by atomic mass is 79.9. The van der Waals surface area contributed by atoms with E-state index in [1.165, 1.54) is 4.68 Å². The van der Waals surface area contributed by atoms with Crippen LogP contribution in [-0.4, -0.2) is 32.0 Å². The minimum Gasteiger partial charge on any atom is -0.356 e. The molecular weight excluding hydrogens is 451 g/mol. The molecule has 1 aliphatic carbocycles. The van der Waals surface area contributed by atoms with Crippen LogP contribution in [-0.2, 0) is 24.1 Å². The van der Waals surface area contributed by atoms with Crippen LogP contribution in [0.4, 0.5) is 13.2 Å². The Morgan fingerprint density at radius 3 is 2.55 bits per heavy atom. The van der Waals surface area contributed by atoms with Crippen molar-refractivity contribution in [2.24, 2.45) is 5.92 Å². The van der Waals surface area contributed by atoms with E-state index >= 15 is 0 Å². The number of hydrogen-bond acceptors (Lipinski definition) is 3. The van der Waals surface area contributed by atoms with E-state index < -0.39 is 11.9 Å². The van der Waals surface area contributed by atoms with Gasteiger partial charge in [-0.05, 0) is 55.1 Å². The SMILES string of the molecule is Cc1nn(CC(C)C(=O)NCCCn2nc(C(F)(F)F)cc2C2CC2)c(C)c1Br.